The number of fused-ring (bicyclic) bond motifs is 2. The first-order valence-electron chi connectivity index (χ1n) is 16.0. The van der Waals surface area contributed by atoms with Crippen molar-refractivity contribution in [3.05, 3.63) is 114 Å². The lowest BCUT2D eigenvalue weighted by Crippen LogP contribution is -2.42. The second-order valence-corrected chi connectivity index (χ2v) is 12.1. The predicted octanol–water partition coefficient (Wildman–Crippen LogP) is 7.18. The Morgan fingerprint density at radius 1 is 0.889 bits per heavy atom. The molecule has 5 aromatic rings. The van der Waals surface area contributed by atoms with Crippen molar-refractivity contribution >= 4 is 39.1 Å². The molecule has 45 heavy (non-hydrogen) atoms. The number of carbonyl (C=O) groups excluding carboxylic acids is 1. The number of hydrogen-bond donors (Lipinski definition) is 0. The van der Waals surface area contributed by atoms with E-state index in [2.05, 4.69) is 53.9 Å². The van der Waals surface area contributed by atoms with Gasteiger partial charge in [-0.2, -0.15) is 0 Å². The Kier molecular flexibility index (Phi) is 9.17. The third-order valence-electron chi connectivity index (χ3n) is 8.96. The number of nitrogens with zero attached hydrogens (tertiary/aromatic N) is 4. The number of para-hydroxylation sites is 2. The summed E-state index contributed by atoms with van der Waals surface area (Å²) in [7, 11) is 0. The fraction of sp³-hybridized carbons (Fsp3) is 0.316. The highest BCUT2D eigenvalue weighted by Gasteiger charge is 2.25. The molecule has 0 N–H and O–H groups in total. The molecule has 0 radical (unpaired) electrons. The first-order chi connectivity index (χ1) is 21.9. The number of imidazole rings is 1. The molecule has 7 heteroatoms. The molecule has 1 aromatic heterocycles. The van der Waals surface area contributed by atoms with Crippen molar-refractivity contribution in [1.82, 2.24) is 14.0 Å². The third-order valence-corrected chi connectivity index (χ3v) is 8.96. The molecule has 1 saturated heterocycles. The standard InChI is InChI=1S/C38H42N4O3/c1-4-37(43)41(33-16-14-32-25-34(17-15-31(32)24-33)45-27-30-10-6-5-7-11-30)26-29-18-20-39(21-19-29)22-23-40-35-12-8-9-13-36(35)42(28(2)3)38(40)44/h5-17,24-25,29H,2,4,18-23,26-27H2,1,3H3. The van der Waals surface area contributed by atoms with Crippen LogP contribution < -0.4 is 15.3 Å². The highest BCUT2D eigenvalue weighted by atomic mass is 16.5. The minimum Gasteiger partial charge on any atom is -0.489 e. The van der Waals surface area contributed by atoms with E-state index in [9.17, 15) is 9.59 Å². The number of carbonyl (C=O) groups is 1. The van der Waals surface area contributed by atoms with Gasteiger partial charge in [-0.05, 0) is 91.5 Å². The van der Waals surface area contributed by atoms with Crippen LogP contribution in [0.1, 0.15) is 38.7 Å². The molecule has 4 aromatic carbocycles. The number of anilines is 1. The average molecular weight is 603 g/mol. The molecule has 0 bridgehead atoms. The smallest absolute Gasteiger partial charge is 0.333 e. The Morgan fingerprint density at radius 3 is 2.31 bits per heavy atom. The van der Waals surface area contributed by atoms with E-state index in [0.29, 0.717) is 25.5 Å². The average Bonchev–Trinajstić information content (AvgIpc) is 3.36. The van der Waals surface area contributed by atoms with Crippen molar-refractivity contribution in [2.45, 2.75) is 46.3 Å². The van der Waals surface area contributed by atoms with E-state index >= 15 is 0 Å². The van der Waals surface area contributed by atoms with E-state index in [0.717, 1.165) is 83.5 Å². The Hall–Kier alpha value is -4.62. The molecule has 1 aliphatic heterocycles. The van der Waals surface area contributed by atoms with Crippen molar-refractivity contribution in [3.8, 4) is 5.75 Å². The molecule has 0 unspecified atom stereocenters. The van der Waals surface area contributed by atoms with Gasteiger partial charge in [0.1, 0.15) is 12.4 Å². The van der Waals surface area contributed by atoms with Crippen molar-refractivity contribution in [1.29, 1.82) is 0 Å². The Labute approximate surface area is 264 Å². The SMILES string of the molecule is C=C(C)n1c(=O)n(CCN2CCC(CN(C(=O)CC)c3ccc4cc(OCc5ccccc5)ccc4c3)CC2)c2ccccc21. The van der Waals surface area contributed by atoms with Gasteiger partial charge >= 0.3 is 5.69 Å². The van der Waals surface area contributed by atoms with Crippen LogP contribution in [0.2, 0.25) is 0 Å². The van der Waals surface area contributed by atoms with Crippen molar-refractivity contribution < 1.29 is 9.53 Å². The molecule has 1 fully saturated rings. The Bertz CT molecular complexity index is 1870. The van der Waals surface area contributed by atoms with E-state index in [4.69, 9.17) is 4.74 Å². The molecule has 0 aliphatic carbocycles. The zero-order valence-electron chi connectivity index (χ0n) is 26.3. The summed E-state index contributed by atoms with van der Waals surface area (Å²) in [5.74, 6) is 1.40. The van der Waals surface area contributed by atoms with E-state index in [1.165, 1.54) is 0 Å². The van der Waals surface area contributed by atoms with Gasteiger partial charge in [0.15, 0.2) is 0 Å². The lowest BCUT2D eigenvalue weighted by molar-refractivity contribution is -0.118. The number of amides is 1. The monoisotopic (exact) mass is 602 g/mol. The number of hydrogen-bond acceptors (Lipinski definition) is 4. The summed E-state index contributed by atoms with van der Waals surface area (Å²) in [6.07, 6.45) is 2.51. The van der Waals surface area contributed by atoms with E-state index in [1.54, 1.807) is 4.57 Å². The van der Waals surface area contributed by atoms with Gasteiger partial charge in [-0.15, -0.1) is 0 Å². The van der Waals surface area contributed by atoms with E-state index < -0.39 is 0 Å². The summed E-state index contributed by atoms with van der Waals surface area (Å²) in [6.45, 7) is 12.4. The highest BCUT2D eigenvalue weighted by molar-refractivity contribution is 5.96. The van der Waals surface area contributed by atoms with Crippen LogP contribution in [-0.2, 0) is 17.9 Å². The van der Waals surface area contributed by atoms with Gasteiger partial charge in [0.05, 0.1) is 11.0 Å². The van der Waals surface area contributed by atoms with Gasteiger partial charge in [0.25, 0.3) is 0 Å². The van der Waals surface area contributed by atoms with Crippen LogP contribution in [0.15, 0.2) is 102 Å². The molecule has 2 heterocycles. The fourth-order valence-electron chi connectivity index (χ4n) is 6.44. The molecule has 1 aliphatic rings. The molecular weight excluding hydrogens is 560 g/mol. The van der Waals surface area contributed by atoms with Crippen LogP contribution >= 0.6 is 0 Å². The number of rotatable bonds is 11. The van der Waals surface area contributed by atoms with Crippen LogP contribution in [0.5, 0.6) is 5.75 Å². The summed E-state index contributed by atoms with van der Waals surface area (Å²) >= 11 is 0. The van der Waals surface area contributed by atoms with Gasteiger partial charge in [0, 0.05) is 37.4 Å². The zero-order valence-corrected chi connectivity index (χ0v) is 26.3. The topological polar surface area (TPSA) is 59.7 Å². The maximum atomic E-state index is 13.2. The van der Waals surface area contributed by atoms with Gasteiger partial charge < -0.3 is 14.5 Å². The van der Waals surface area contributed by atoms with Crippen LogP contribution in [0.25, 0.3) is 27.5 Å². The number of aromatic nitrogens is 2. The van der Waals surface area contributed by atoms with Crippen LogP contribution in [0.3, 0.4) is 0 Å². The number of piperidine rings is 1. The second kappa shape index (κ2) is 13.6. The maximum Gasteiger partial charge on any atom is 0.333 e. The van der Waals surface area contributed by atoms with Crippen LogP contribution in [0.4, 0.5) is 5.69 Å². The van der Waals surface area contributed by atoms with Gasteiger partial charge in [-0.1, -0.05) is 68.1 Å². The molecule has 1 amide bonds. The lowest BCUT2D eigenvalue weighted by Gasteiger charge is -2.35. The van der Waals surface area contributed by atoms with E-state index in [1.807, 2.05) is 71.8 Å². The van der Waals surface area contributed by atoms with Gasteiger partial charge in [-0.25, -0.2) is 4.79 Å². The van der Waals surface area contributed by atoms with Gasteiger partial charge in [-0.3, -0.25) is 13.9 Å². The quantitative estimate of drug-likeness (QED) is 0.161. The second-order valence-electron chi connectivity index (χ2n) is 12.1. The Morgan fingerprint density at radius 2 is 1.58 bits per heavy atom. The molecule has 7 nitrogen and oxygen atoms in total. The lowest BCUT2D eigenvalue weighted by atomic mass is 9.95. The fourth-order valence-corrected chi connectivity index (χ4v) is 6.44. The first-order valence-corrected chi connectivity index (χ1v) is 16.0. The largest absolute Gasteiger partial charge is 0.489 e. The van der Waals surface area contributed by atoms with Crippen molar-refractivity contribution in [2.24, 2.45) is 5.92 Å². The number of benzene rings is 4. The normalized spacial score (nSPS) is 14.2. The number of allylic oxidation sites excluding steroid dienone is 1. The highest BCUT2D eigenvalue weighted by Crippen LogP contribution is 2.29. The van der Waals surface area contributed by atoms with Crippen LogP contribution in [-0.4, -0.2) is 46.1 Å². The van der Waals surface area contributed by atoms with Crippen molar-refractivity contribution in [2.75, 3.05) is 31.1 Å². The Balaban J connectivity index is 1.08. The summed E-state index contributed by atoms with van der Waals surface area (Å²) in [5.41, 5.74) is 4.63. The first kappa shape index (κ1) is 30.4. The molecule has 6 rings (SSSR count). The summed E-state index contributed by atoms with van der Waals surface area (Å²) < 4.78 is 9.60. The summed E-state index contributed by atoms with van der Waals surface area (Å²) in [5, 5.41) is 2.18. The minimum absolute atomic E-state index is 0.0291. The van der Waals surface area contributed by atoms with Gasteiger partial charge in [0.2, 0.25) is 5.91 Å². The number of ether oxygens (including phenoxy) is 1. The minimum atomic E-state index is -0.0291. The van der Waals surface area contributed by atoms with Crippen molar-refractivity contribution in [3.63, 3.8) is 0 Å². The molecule has 232 valence electrons. The molecule has 0 spiro atoms. The predicted molar refractivity (Wildman–Crippen MR) is 184 cm³/mol. The van der Waals surface area contributed by atoms with Crippen LogP contribution in [0, 0.1) is 5.92 Å². The maximum absolute atomic E-state index is 13.2. The summed E-state index contributed by atoms with van der Waals surface area (Å²) in [6, 6.07) is 30.5. The third kappa shape index (κ3) is 6.74. The molecular formula is C38H42N4O3. The zero-order chi connectivity index (χ0) is 31.3. The van der Waals surface area contributed by atoms with E-state index in [-0.39, 0.29) is 11.6 Å². The molecule has 0 atom stereocenters. The summed E-state index contributed by atoms with van der Waals surface area (Å²) in [4.78, 5) is 30.8. The number of likely N-dealkylation sites (tertiary alicyclic amines) is 1. The molecule has 0 saturated carbocycles.